The maximum atomic E-state index is 12.4. The van der Waals surface area contributed by atoms with Crippen LogP contribution in [0.1, 0.15) is 43.7 Å². The summed E-state index contributed by atoms with van der Waals surface area (Å²) < 4.78 is 6.28. The van der Waals surface area contributed by atoms with Crippen LogP contribution in [0.3, 0.4) is 0 Å². The van der Waals surface area contributed by atoms with Crippen molar-refractivity contribution in [1.82, 2.24) is 30.1 Å². The predicted molar refractivity (Wildman–Crippen MR) is 90.1 cm³/mol. The number of rotatable bonds is 5. The average molecular weight is 366 g/mol. The molecule has 3 aromatic rings. The fourth-order valence-corrected chi connectivity index (χ4v) is 2.84. The molecule has 10 heteroatoms. The molecule has 0 spiro atoms. The van der Waals surface area contributed by atoms with Crippen LogP contribution in [0.4, 0.5) is 0 Å². The molecule has 1 aliphatic heterocycles. The summed E-state index contributed by atoms with van der Waals surface area (Å²) in [5, 5.41) is 14.4. The summed E-state index contributed by atoms with van der Waals surface area (Å²) in [6, 6.07) is 6.64. The van der Waals surface area contributed by atoms with E-state index in [-0.39, 0.29) is 36.3 Å². The van der Waals surface area contributed by atoms with E-state index in [9.17, 15) is 14.4 Å². The van der Waals surface area contributed by atoms with E-state index in [0.717, 1.165) is 4.90 Å². The number of imide groups is 1. The van der Waals surface area contributed by atoms with Crippen LogP contribution in [0.25, 0.3) is 5.82 Å². The highest BCUT2D eigenvalue weighted by atomic mass is 16.5. The standard InChI is InChI=1S/C17H14N6O4/c1-2-27-17(26)13-7-18-20-14(13)23-9-10(19-21-23)8-22-15(24)11-5-3-4-6-12(11)16(22)25/h3-7,9H,2,8H2,1H3,(H,18,20). The largest absolute Gasteiger partial charge is 0.462 e. The molecule has 0 saturated carbocycles. The van der Waals surface area contributed by atoms with Crippen LogP contribution in [0.15, 0.2) is 36.7 Å². The van der Waals surface area contributed by atoms with Gasteiger partial charge in [0.1, 0.15) is 11.3 Å². The smallest absolute Gasteiger partial charge is 0.343 e. The number of aromatic nitrogens is 5. The maximum absolute atomic E-state index is 12.4. The number of hydrogen-bond acceptors (Lipinski definition) is 7. The Morgan fingerprint density at radius 3 is 2.56 bits per heavy atom. The Bertz CT molecular complexity index is 1020. The number of carbonyl (C=O) groups excluding carboxylic acids is 3. The van der Waals surface area contributed by atoms with Gasteiger partial charge in [0.05, 0.1) is 36.7 Å². The molecule has 4 rings (SSSR count). The minimum absolute atomic E-state index is 0.0325. The number of ether oxygens (including phenoxy) is 1. The molecule has 0 bridgehead atoms. The molecule has 2 aromatic heterocycles. The van der Waals surface area contributed by atoms with Crippen molar-refractivity contribution in [3.05, 3.63) is 59.0 Å². The van der Waals surface area contributed by atoms with E-state index < -0.39 is 5.97 Å². The Labute approximate surface area is 152 Å². The van der Waals surface area contributed by atoms with Gasteiger partial charge in [-0.2, -0.15) is 5.10 Å². The number of nitrogens with zero attached hydrogens (tertiary/aromatic N) is 5. The molecule has 0 aliphatic carbocycles. The van der Waals surface area contributed by atoms with Gasteiger partial charge in [-0.05, 0) is 19.1 Å². The number of fused-ring (bicyclic) bond motifs is 1. The Hall–Kier alpha value is -3.82. The Morgan fingerprint density at radius 2 is 1.89 bits per heavy atom. The Kier molecular flexibility index (Phi) is 3.99. The van der Waals surface area contributed by atoms with Crippen LogP contribution in [0.2, 0.25) is 0 Å². The zero-order valence-electron chi connectivity index (χ0n) is 14.2. The van der Waals surface area contributed by atoms with E-state index >= 15 is 0 Å². The first kappa shape index (κ1) is 16.6. The van der Waals surface area contributed by atoms with Gasteiger partial charge in [0.25, 0.3) is 11.8 Å². The molecular weight excluding hydrogens is 352 g/mol. The number of benzene rings is 1. The zero-order valence-corrected chi connectivity index (χ0v) is 14.2. The van der Waals surface area contributed by atoms with Crippen molar-refractivity contribution < 1.29 is 19.1 Å². The average Bonchev–Trinajstić information content (AvgIpc) is 3.38. The second kappa shape index (κ2) is 6.48. The molecule has 0 saturated heterocycles. The van der Waals surface area contributed by atoms with E-state index in [1.807, 2.05) is 0 Å². The van der Waals surface area contributed by atoms with Crippen LogP contribution in [0.5, 0.6) is 0 Å². The molecule has 136 valence electrons. The first-order valence-electron chi connectivity index (χ1n) is 8.17. The molecule has 0 radical (unpaired) electrons. The summed E-state index contributed by atoms with van der Waals surface area (Å²) in [6.45, 7) is 1.90. The summed E-state index contributed by atoms with van der Waals surface area (Å²) in [6.07, 6.45) is 2.85. The molecule has 1 N–H and O–H groups in total. The number of esters is 1. The predicted octanol–water partition coefficient (Wildman–Crippen LogP) is 0.963. The van der Waals surface area contributed by atoms with Gasteiger partial charge in [-0.1, -0.05) is 17.3 Å². The third-order valence-electron chi connectivity index (χ3n) is 4.08. The monoisotopic (exact) mass is 366 g/mol. The van der Waals surface area contributed by atoms with Crippen molar-refractivity contribution in [1.29, 1.82) is 0 Å². The summed E-state index contributed by atoms with van der Waals surface area (Å²) in [5.74, 6) is -1.01. The molecule has 1 aromatic carbocycles. The lowest BCUT2D eigenvalue weighted by Gasteiger charge is -2.11. The zero-order chi connectivity index (χ0) is 19.0. The molecule has 1 aliphatic rings. The lowest BCUT2D eigenvalue weighted by atomic mass is 10.1. The number of hydrogen-bond donors (Lipinski definition) is 1. The Balaban J connectivity index is 1.57. The van der Waals surface area contributed by atoms with E-state index in [4.69, 9.17) is 4.74 Å². The van der Waals surface area contributed by atoms with Gasteiger partial charge in [-0.25, -0.2) is 9.48 Å². The van der Waals surface area contributed by atoms with Crippen molar-refractivity contribution >= 4 is 17.8 Å². The fraction of sp³-hybridized carbons (Fsp3) is 0.176. The van der Waals surface area contributed by atoms with Crippen molar-refractivity contribution in [2.75, 3.05) is 6.61 Å². The number of H-pyrrole nitrogens is 1. The summed E-state index contributed by atoms with van der Waals surface area (Å²) >= 11 is 0. The van der Waals surface area contributed by atoms with Gasteiger partial charge in [-0.15, -0.1) is 5.10 Å². The molecule has 27 heavy (non-hydrogen) atoms. The SMILES string of the molecule is CCOC(=O)c1cn[nH]c1-n1cc(CN2C(=O)c3ccccc3C2=O)nn1. The molecule has 0 fully saturated rings. The lowest BCUT2D eigenvalue weighted by Crippen LogP contribution is -2.29. The van der Waals surface area contributed by atoms with Gasteiger partial charge in [0.15, 0.2) is 5.82 Å². The van der Waals surface area contributed by atoms with E-state index in [2.05, 4.69) is 20.5 Å². The number of nitrogens with one attached hydrogen (secondary N) is 1. The van der Waals surface area contributed by atoms with Crippen LogP contribution < -0.4 is 0 Å². The van der Waals surface area contributed by atoms with Crippen molar-refractivity contribution in [3.63, 3.8) is 0 Å². The van der Waals surface area contributed by atoms with E-state index in [0.29, 0.717) is 16.8 Å². The van der Waals surface area contributed by atoms with E-state index in [1.54, 1.807) is 31.2 Å². The molecule has 3 heterocycles. The Morgan fingerprint density at radius 1 is 1.19 bits per heavy atom. The van der Waals surface area contributed by atoms with Crippen molar-refractivity contribution in [2.24, 2.45) is 0 Å². The minimum Gasteiger partial charge on any atom is -0.462 e. The maximum Gasteiger partial charge on any atom is 0.343 e. The molecule has 0 unspecified atom stereocenters. The third kappa shape index (κ3) is 2.76. The molecule has 0 atom stereocenters. The van der Waals surface area contributed by atoms with Crippen LogP contribution in [-0.2, 0) is 11.3 Å². The summed E-state index contributed by atoms with van der Waals surface area (Å²) in [5.41, 5.74) is 1.32. The van der Waals surface area contributed by atoms with Gasteiger partial charge in [-0.3, -0.25) is 19.6 Å². The van der Waals surface area contributed by atoms with E-state index in [1.165, 1.54) is 17.1 Å². The third-order valence-corrected chi connectivity index (χ3v) is 4.08. The number of aromatic amines is 1. The second-order valence-electron chi connectivity index (χ2n) is 5.75. The number of carbonyl (C=O) groups is 3. The normalized spacial score (nSPS) is 13.1. The van der Waals surface area contributed by atoms with Crippen LogP contribution in [-0.4, -0.2) is 54.5 Å². The highest BCUT2D eigenvalue weighted by Gasteiger charge is 2.35. The lowest BCUT2D eigenvalue weighted by molar-refractivity contribution is 0.0525. The highest BCUT2D eigenvalue weighted by Crippen LogP contribution is 2.24. The quantitative estimate of drug-likeness (QED) is 0.527. The first-order valence-corrected chi connectivity index (χ1v) is 8.17. The second-order valence-corrected chi connectivity index (χ2v) is 5.75. The fourth-order valence-electron chi connectivity index (χ4n) is 2.84. The summed E-state index contributed by atoms with van der Waals surface area (Å²) in [7, 11) is 0. The van der Waals surface area contributed by atoms with Crippen LogP contribution in [0, 0.1) is 0 Å². The van der Waals surface area contributed by atoms with Crippen LogP contribution >= 0.6 is 0 Å². The molecular formula is C17H14N6O4. The minimum atomic E-state index is -0.543. The van der Waals surface area contributed by atoms with Gasteiger partial charge < -0.3 is 4.74 Å². The molecule has 2 amide bonds. The highest BCUT2D eigenvalue weighted by molar-refractivity contribution is 6.21. The summed E-state index contributed by atoms with van der Waals surface area (Å²) in [4.78, 5) is 37.9. The first-order chi connectivity index (χ1) is 13.1. The van der Waals surface area contributed by atoms with Gasteiger partial charge in [0.2, 0.25) is 0 Å². The van der Waals surface area contributed by atoms with Crippen molar-refractivity contribution in [2.45, 2.75) is 13.5 Å². The van der Waals surface area contributed by atoms with Gasteiger partial charge >= 0.3 is 5.97 Å². The number of amides is 2. The van der Waals surface area contributed by atoms with Crippen molar-refractivity contribution in [3.8, 4) is 5.82 Å². The van der Waals surface area contributed by atoms with Gasteiger partial charge in [0, 0.05) is 0 Å². The molecule has 10 nitrogen and oxygen atoms in total. The topological polar surface area (TPSA) is 123 Å².